The number of ether oxygens (including phenoxy) is 1. The number of allylic oxidation sites excluding steroid dienone is 3. The molecule has 0 saturated carbocycles. The quantitative estimate of drug-likeness (QED) is 0.106. The molecule has 4 rings (SSSR count). The van der Waals surface area contributed by atoms with E-state index >= 15 is 4.11 Å². The summed E-state index contributed by atoms with van der Waals surface area (Å²) in [5.74, 6) is -0.880. The molecule has 2 aromatic carbocycles. The highest BCUT2D eigenvalue weighted by molar-refractivity contribution is 14.1. The minimum Gasteiger partial charge on any atom is -0.395 e. The maximum Gasteiger partial charge on any atom is 0.264 e. The number of nitrogens with zero attached hydrogens (tertiary/aromatic N) is 2. The Labute approximate surface area is 276 Å². The Bertz CT molecular complexity index is 1410. The smallest absolute Gasteiger partial charge is 0.264 e. The molecule has 44 heavy (non-hydrogen) atoms. The normalized spacial score (nSPS) is 23.3. The highest BCUT2D eigenvalue weighted by Crippen LogP contribution is 2.60. The van der Waals surface area contributed by atoms with Crippen LogP contribution in [0, 0.1) is 9.49 Å². The number of aliphatic hydroxyl groups excluding tert-OH is 1. The number of carbonyl (C=O) groups excluding carboxylic acids is 2. The largest absolute Gasteiger partial charge is 0.395 e. The average Bonchev–Trinajstić information content (AvgIpc) is 3.37. The van der Waals surface area contributed by atoms with Crippen LogP contribution in [0.1, 0.15) is 58.1 Å². The van der Waals surface area contributed by atoms with Crippen LogP contribution >= 0.6 is 22.6 Å². The molecule has 2 aromatic rings. The van der Waals surface area contributed by atoms with Crippen molar-refractivity contribution < 1.29 is 23.5 Å². The molecule has 4 atom stereocenters. The van der Waals surface area contributed by atoms with Crippen molar-refractivity contribution >= 4 is 48.5 Å². The molecule has 2 aliphatic rings. The van der Waals surface area contributed by atoms with Crippen LogP contribution in [0.25, 0.3) is 0 Å². The van der Waals surface area contributed by atoms with Gasteiger partial charge in [0.05, 0.1) is 24.8 Å². The van der Waals surface area contributed by atoms with Crippen molar-refractivity contribution in [2.24, 2.45) is 5.92 Å². The second-order valence-corrected chi connectivity index (χ2v) is 18.0. The van der Waals surface area contributed by atoms with E-state index in [0.29, 0.717) is 13.1 Å². The molecule has 9 heteroatoms. The molecule has 0 bridgehead atoms. The van der Waals surface area contributed by atoms with Gasteiger partial charge < -0.3 is 23.8 Å². The summed E-state index contributed by atoms with van der Waals surface area (Å²) in [4.78, 5) is 31.6. The average molecular weight is 733 g/mol. The molecular weight excluding hydrogens is 686 g/mol. The number of halogens is 2. The standard InChI is InChI=1S/C35H46FIN2O4Si/c1-24(2)11-10-12-25(3)17-18-39-30-16-15-28(37)21-29(30)35(34(39)42)26(4)33(44(5,6)36)31(43-35)22-32(41)38(19-20-40)23-27-13-8-7-9-14-27/h7-9,11,13-17,21,26,31,33,40H,10,12,18-20,22-23H2,1-6H3/b25-17+/t26-,31+,33-,35+/m1/s1. The second kappa shape index (κ2) is 14.4. The van der Waals surface area contributed by atoms with Crippen molar-refractivity contribution in [1.82, 2.24) is 4.90 Å². The van der Waals surface area contributed by atoms with E-state index in [-0.39, 0.29) is 31.4 Å². The van der Waals surface area contributed by atoms with Crippen LogP contribution in [0.3, 0.4) is 0 Å². The number of carbonyl (C=O) groups is 2. The zero-order chi connectivity index (χ0) is 32.2. The van der Waals surface area contributed by atoms with E-state index in [1.807, 2.05) is 55.5 Å². The van der Waals surface area contributed by atoms with E-state index < -0.39 is 31.6 Å². The fourth-order valence-electron chi connectivity index (χ4n) is 6.86. The van der Waals surface area contributed by atoms with Crippen LogP contribution in [-0.4, -0.2) is 56.0 Å². The molecule has 1 fully saturated rings. The van der Waals surface area contributed by atoms with Crippen LogP contribution in [0.2, 0.25) is 18.6 Å². The van der Waals surface area contributed by atoms with Crippen LogP contribution in [-0.2, 0) is 26.5 Å². The third-order valence-electron chi connectivity index (χ3n) is 8.95. The number of aliphatic hydroxyl groups is 1. The number of benzene rings is 2. The lowest BCUT2D eigenvalue weighted by atomic mass is 9.82. The molecule has 2 amide bonds. The fraction of sp³-hybridized carbons (Fsp3) is 0.486. The molecule has 0 aromatic heterocycles. The summed E-state index contributed by atoms with van der Waals surface area (Å²) in [5.41, 5.74) is 3.02. The van der Waals surface area contributed by atoms with Gasteiger partial charge in [0.15, 0.2) is 5.60 Å². The van der Waals surface area contributed by atoms with Gasteiger partial charge in [-0.25, -0.2) is 0 Å². The molecular formula is C35H46FIN2O4Si. The zero-order valence-electron chi connectivity index (χ0n) is 26.8. The first kappa shape index (κ1) is 34.5. The maximum atomic E-state index is 16.2. The first-order valence-corrected chi connectivity index (χ1v) is 19.5. The van der Waals surface area contributed by atoms with Crippen molar-refractivity contribution in [1.29, 1.82) is 0 Å². The number of hydrogen-bond donors (Lipinski definition) is 1. The van der Waals surface area contributed by atoms with Gasteiger partial charge in [-0.3, -0.25) is 9.59 Å². The van der Waals surface area contributed by atoms with Crippen molar-refractivity contribution in [2.75, 3.05) is 24.6 Å². The van der Waals surface area contributed by atoms with Crippen LogP contribution in [0.4, 0.5) is 9.80 Å². The Hall–Kier alpha value is -2.34. The van der Waals surface area contributed by atoms with E-state index in [9.17, 15) is 14.7 Å². The summed E-state index contributed by atoms with van der Waals surface area (Å²) in [6, 6.07) is 15.5. The molecule has 0 radical (unpaired) electrons. The van der Waals surface area contributed by atoms with Crippen molar-refractivity contribution in [3.63, 3.8) is 0 Å². The lowest BCUT2D eigenvalue weighted by Gasteiger charge is -2.31. The van der Waals surface area contributed by atoms with Gasteiger partial charge in [-0.2, -0.15) is 0 Å². The summed E-state index contributed by atoms with van der Waals surface area (Å²) in [5, 5.41) is 9.74. The van der Waals surface area contributed by atoms with Crippen molar-refractivity contribution in [3.8, 4) is 0 Å². The molecule has 2 aliphatic heterocycles. The Kier molecular flexibility index (Phi) is 11.3. The van der Waals surface area contributed by atoms with Gasteiger partial charge in [0.1, 0.15) is 0 Å². The van der Waals surface area contributed by atoms with Crippen molar-refractivity contribution in [2.45, 2.75) is 83.8 Å². The summed E-state index contributed by atoms with van der Waals surface area (Å²) >= 11 is 2.24. The number of anilines is 1. The van der Waals surface area contributed by atoms with Crippen LogP contribution in [0.5, 0.6) is 0 Å². The molecule has 0 aliphatic carbocycles. The zero-order valence-corrected chi connectivity index (χ0v) is 29.9. The Morgan fingerprint density at radius 2 is 1.86 bits per heavy atom. The maximum absolute atomic E-state index is 16.2. The molecule has 1 N–H and O–H groups in total. The first-order chi connectivity index (χ1) is 20.8. The summed E-state index contributed by atoms with van der Waals surface area (Å²) in [6.45, 7) is 12.2. The van der Waals surface area contributed by atoms with Crippen molar-refractivity contribution in [3.05, 3.63) is 86.5 Å². The van der Waals surface area contributed by atoms with Gasteiger partial charge in [-0.05, 0) is 93.1 Å². The number of hydrogen-bond acceptors (Lipinski definition) is 4. The summed E-state index contributed by atoms with van der Waals surface area (Å²) in [7, 11) is -3.42. The topological polar surface area (TPSA) is 70.1 Å². The minimum absolute atomic E-state index is 0.0557. The van der Waals surface area contributed by atoms with Crippen LogP contribution < -0.4 is 4.90 Å². The Morgan fingerprint density at radius 3 is 2.50 bits per heavy atom. The van der Waals surface area contributed by atoms with E-state index in [1.54, 1.807) is 22.9 Å². The summed E-state index contributed by atoms with van der Waals surface area (Å²) < 4.78 is 24.0. The number of fused-ring (bicyclic) bond motifs is 2. The minimum atomic E-state index is -3.42. The third kappa shape index (κ3) is 7.37. The van der Waals surface area contributed by atoms with Crippen LogP contribution in [0.15, 0.2) is 71.8 Å². The van der Waals surface area contributed by atoms with Gasteiger partial charge in [-0.1, -0.05) is 60.6 Å². The van der Waals surface area contributed by atoms with E-state index in [0.717, 1.165) is 33.2 Å². The van der Waals surface area contributed by atoms with E-state index in [2.05, 4.69) is 55.5 Å². The Morgan fingerprint density at radius 1 is 1.16 bits per heavy atom. The number of amides is 2. The second-order valence-electron chi connectivity index (χ2n) is 12.9. The number of rotatable bonds is 12. The fourth-order valence-corrected chi connectivity index (χ4v) is 9.84. The highest BCUT2D eigenvalue weighted by Gasteiger charge is 2.67. The SMILES string of the molecule is CC(C)=CCC/C(C)=C/CN1C(=O)[C@@]2(O[C@@H](CC(=O)N(CCO)Cc3ccccc3)[C@H]([Si](C)(C)F)[C@H]2C)c2cc(I)ccc21. The van der Waals surface area contributed by atoms with Gasteiger partial charge in [0.25, 0.3) is 5.91 Å². The molecule has 0 unspecified atom stereocenters. The van der Waals surface area contributed by atoms with Gasteiger partial charge >= 0.3 is 0 Å². The molecule has 2 heterocycles. The van der Waals surface area contributed by atoms with E-state index in [4.69, 9.17) is 4.74 Å². The summed E-state index contributed by atoms with van der Waals surface area (Å²) in [6.07, 6.45) is 5.34. The Balaban J connectivity index is 1.66. The third-order valence-corrected chi connectivity index (χ3v) is 12.1. The molecule has 6 nitrogen and oxygen atoms in total. The van der Waals surface area contributed by atoms with Gasteiger partial charge in [-0.15, -0.1) is 0 Å². The molecule has 238 valence electrons. The van der Waals surface area contributed by atoms with Gasteiger partial charge in [0.2, 0.25) is 14.3 Å². The lowest BCUT2D eigenvalue weighted by Crippen LogP contribution is -2.45. The predicted molar refractivity (Wildman–Crippen MR) is 186 cm³/mol. The first-order valence-electron chi connectivity index (χ1n) is 15.5. The monoisotopic (exact) mass is 732 g/mol. The highest BCUT2D eigenvalue weighted by atomic mass is 127. The lowest BCUT2D eigenvalue weighted by molar-refractivity contribution is -0.149. The van der Waals surface area contributed by atoms with Gasteiger partial charge in [0, 0.05) is 40.2 Å². The molecule has 1 saturated heterocycles. The molecule has 1 spiro atoms. The predicted octanol–water partition coefficient (Wildman–Crippen LogP) is 7.52. The van der Waals surface area contributed by atoms with E-state index in [1.165, 1.54) is 11.1 Å².